The van der Waals surface area contributed by atoms with Crippen LogP contribution in [0, 0.1) is 5.92 Å². The first-order valence-electron chi connectivity index (χ1n) is 10.1. The van der Waals surface area contributed by atoms with Crippen molar-refractivity contribution < 1.29 is 14.4 Å². The van der Waals surface area contributed by atoms with Gasteiger partial charge in [0.2, 0.25) is 17.7 Å². The summed E-state index contributed by atoms with van der Waals surface area (Å²) in [6.07, 6.45) is 5.40. The van der Waals surface area contributed by atoms with Gasteiger partial charge in [-0.25, -0.2) is 0 Å². The average Bonchev–Trinajstić information content (AvgIpc) is 3.03. The average molecular weight is 403 g/mol. The van der Waals surface area contributed by atoms with Gasteiger partial charge in [-0.2, -0.15) is 0 Å². The molecule has 0 aromatic heterocycles. The zero-order chi connectivity index (χ0) is 19.1. The van der Waals surface area contributed by atoms with Crippen molar-refractivity contribution in [3.63, 3.8) is 0 Å². The van der Waals surface area contributed by atoms with Crippen LogP contribution in [0.1, 0.15) is 58.8 Å². The Morgan fingerprint density at radius 2 is 1.96 bits per heavy atom. The minimum absolute atomic E-state index is 0. The topological polar surface area (TPSA) is 95.7 Å². The van der Waals surface area contributed by atoms with E-state index >= 15 is 0 Å². The first-order chi connectivity index (χ1) is 12.5. The van der Waals surface area contributed by atoms with E-state index in [9.17, 15) is 14.4 Å². The van der Waals surface area contributed by atoms with Crippen LogP contribution in [0.3, 0.4) is 0 Å². The molecule has 2 heterocycles. The summed E-state index contributed by atoms with van der Waals surface area (Å²) in [5.41, 5.74) is 5.41. The minimum atomic E-state index is -0.247. The molecule has 8 heteroatoms. The number of halogens is 1. The summed E-state index contributed by atoms with van der Waals surface area (Å²) in [6.45, 7) is 6.22. The van der Waals surface area contributed by atoms with Gasteiger partial charge in [0.15, 0.2) is 0 Å². The smallest absolute Gasteiger partial charge is 0.228 e. The van der Waals surface area contributed by atoms with E-state index in [4.69, 9.17) is 5.73 Å². The van der Waals surface area contributed by atoms with Gasteiger partial charge in [0.05, 0.1) is 5.92 Å². The number of hydrogen-bond donors (Lipinski definition) is 2. The van der Waals surface area contributed by atoms with Gasteiger partial charge >= 0.3 is 0 Å². The molecule has 0 saturated carbocycles. The molecule has 0 radical (unpaired) electrons. The van der Waals surface area contributed by atoms with E-state index in [2.05, 4.69) is 19.2 Å². The third-order valence-corrected chi connectivity index (χ3v) is 5.71. The zero-order valence-corrected chi connectivity index (χ0v) is 17.4. The van der Waals surface area contributed by atoms with Crippen molar-refractivity contribution in [3.05, 3.63) is 0 Å². The van der Waals surface area contributed by atoms with Crippen LogP contribution in [0.2, 0.25) is 0 Å². The molecule has 7 nitrogen and oxygen atoms in total. The Balaban J connectivity index is 0.00000364. The quantitative estimate of drug-likeness (QED) is 0.639. The Morgan fingerprint density at radius 1 is 1.26 bits per heavy atom. The lowest BCUT2D eigenvalue weighted by atomic mass is 9.98. The summed E-state index contributed by atoms with van der Waals surface area (Å²) in [5, 5.41) is 2.89. The van der Waals surface area contributed by atoms with Crippen LogP contribution < -0.4 is 11.1 Å². The molecule has 0 aromatic rings. The van der Waals surface area contributed by atoms with Crippen molar-refractivity contribution in [1.82, 2.24) is 15.1 Å². The lowest BCUT2D eigenvalue weighted by Crippen LogP contribution is -2.51. The third kappa shape index (κ3) is 6.07. The van der Waals surface area contributed by atoms with E-state index in [1.807, 2.05) is 9.80 Å². The first kappa shape index (κ1) is 23.7. The van der Waals surface area contributed by atoms with E-state index in [-0.39, 0.29) is 48.1 Å². The molecule has 0 spiro atoms. The highest BCUT2D eigenvalue weighted by molar-refractivity contribution is 5.89. The van der Waals surface area contributed by atoms with Crippen molar-refractivity contribution >= 4 is 30.1 Å². The number of carbonyl (C=O) groups is 3. The van der Waals surface area contributed by atoms with Crippen LogP contribution in [-0.4, -0.2) is 65.8 Å². The molecule has 3 amide bonds. The second kappa shape index (κ2) is 11.5. The zero-order valence-electron chi connectivity index (χ0n) is 16.6. The number of likely N-dealkylation sites (tertiary alicyclic amines) is 2. The highest BCUT2D eigenvalue weighted by atomic mass is 35.5. The second-order valence-electron chi connectivity index (χ2n) is 7.44. The molecule has 2 saturated heterocycles. The predicted molar refractivity (Wildman–Crippen MR) is 107 cm³/mol. The summed E-state index contributed by atoms with van der Waals surface area (Å²) < 4.78 is 0. The number of hydrogen-bond acceptors (Lipinski definition) is 4. The minimum Gasteiger partial charge on any atom is -0.354 e. The maximum Gasteiger partial charge on any atom is 0.228 e. The molecule has 2 atom stereocenters. The van der Waals surface area contributed by atoms with Gasteiger partial charge in [-0.3, -0.25) is 14.4 Å². The Hall–Kier alpha value is -1.34. The highest BCUT2D eigenvalue weighted by Crippen LogP contribution is 2.27. The molecule has 0 aliphatic carbocycles. The van der Waals surface area contributed by atoms with Gasteiger partial charge < -0.3 is 20.9 Å². The lowest BCUT2D eigenvalue weighted by Gasteiger charge is -2.37. The molecule has 3 N–H and O–H groups in total. The molecule has 2 unspecified atom stereocenters. The van der Waals surface area contributed by atoms with E-state index in [1.54, 1.807) is 0 Å². The van der Waals surface area contributed by atoms with Gasteiger partial charge in [-0.1, -0.05) is 13.8 Å². The summed E-state index contributed by atoms with van der Waals surface area (Å²) in [4.78, 5) is 41.0. The van der Waals surface area contributed by atoms with Crippen LogP contribution in [-0.2, 0) is 14.4 Å². The Labute approximate surface area is 168 Å². The van der Waals surface area contributed by atoms with E-state index in [0.717, 1.165) is 32.1 Å². The summed E-state index contributed by atoms with van der Waals surface area (Å²) >= 11 is 0. The molecule has 27 heavy (non-hydrogen) atoms. The van der Waals surface area contributed by atoms with E-state index in [1.165, 1.54) is 0 Å². The fraction of sp³-hybridized carbons (Fsp3) is 0.842. The Kier molecular flexibility index (Phi) is 10.1. The van der Waals surface area contributed by atoms with Gasteiger partial charge in [-0.15, -0.1) is 12.4 Å². The van der Waals surface area contributed by atoms with Gasteiger partial charge in [0, 0.05) is 51.1 Å². The summed E-state index contributed by atoms with van der Waals surface area (Å²) in [5.74, 6) is -0.142. The lowest BCUT2D eigenvalue weighted by molar-refractivity contribution is -0.139. The summed E-state index contributed by atoms with van der Waals surface area (Å²) in [7, 11) is 0. The monoisotopic (exact) mass is 402 g/mol. The predicted octanol–water partition coefficient (Wildman–Crippen LogP) is 1.29. The molecular weight excluding hydrogens is 368 g/mol. The standard InChI is InChI=1S/C19H34N4O3.ClH/c1-3-15(4-2)23-13-14(11-18(23)25)19(26)22-10-6-5-7-16(22)12-21-17(24)8-9-20;/h14-16H,3-13,20H2,1-2H3,(H,21,24);1H. The summed E-state index contributed by atoms with van der Waals surface area (Å²) in [6, 6.07) is 0.253. The number of rotatable bonds is 8. The molecule has 0 bridgehead atoms. The molecule has 156 valence electrons. The number of nitrogens with one attached hydrogen (secondary N) is 1. The maximum absolute atomic E-state index is 13.1. The third-order valence-electron chi connectivity index (χ3n) is 5.71. The Bertz CT molecular complexity index is 513. The van der Waals surface area contributed by atoms with Crippen LogP contribution >= 0.6 is 12.4 Å². The molecular formula is C19H35ClN4O3. The van der Waals surface area contributed by atoms with Gasteiger partial charge in [0.1, 0.15) is 0 Å². The van der Waals surface area contributed by atoms with Crippen LogP contribution in [0.5, 0.6) is 0 Å². The molecule has 0 aromatic carbocycles. The van der Waals surface area contributed by atoms with Crippen molar-refractivity contribution in [2.75, 3.05) is 26.2 Å². The van der Waals surface area contributed by atoms with Crippen LogP contribution in [0.15, 0.2) is 0 Å². The van der Waals surface area contributed by atoms with E-state index in [0.29, 0.717) is 39.0 Å². The van der Waals surface area contributed by atoms with Crippen molar-refractivity contribution in [1.29, 1.82) is 0 Å². The molecule has 2 aliphatic heterocycles. The van der Waals surface area contributed by atoms with Gasteiger partial charge in [0.25, 0.3) is 0 Å². The Morgan fingerprint density at radius 3 is 2.59 bits per heavy atom. The fourth-order valence-corrected chi connectivity index (χ4v) is 4.17. The molecule has 2 aliphatic rings. The number of nitrogens with two attached hydrogens (primary N) is 1. The number of piperidine rings is 1. The van der Waals surface area contributed by atoms with Gasteiger partial charge in [-0.05, 0) is 32.1 Å². The maximum atomic E-state index is 13.1. The number of carbonyl (C=O) groups excluding carboxylic acids is 3. The molecule has 2 rings (SSSR count). The van der Waals surface area contributed by atoms with Crippen LogP contribution in [0.25, 0.3) is 0 Å². The SMILES string of the molecule is CCC(CC)N1CC(C(=O)N2CCCCC2CNC(=O)CCN)CC1=O.Cl. The van der Waals surface area contributed by atoms with E-state index < -0.39 is 0 Å². The van der Waals surface area contributed by atoms with Crippen molar-refractivity contribution in [2.24, 2.45) is 11.7 Å². The normalized spacial score (nSPS) is 22.7. The fourth-order valence-electron chi connectivity index (χ4n) is 4.17. The second-order valence-corrected chi connectivity index (χ2v) is 7.44. The largest absolute Gasteiger partial charge is 0.354 e. The highest BCUT2D eigenvalue weighted by Gasteiger charge is 2.40. The van der Waals surface area contributed by atoms with Crippen LogP contribution in [0.4, 0.5) is 0 Å². The van der Waals surface area contributed by atoms with Crippen molar-refractivity contribution in [2.45, 2.75) is 70.9 Å². The van der Waals surface area contributed by atoms with Crippen molar-refractivity contribution in [3.8, 4) is 0 Å². The molecule has 2 fully saturated rings. The number of nitrogens with zero attached hydrogens (tertiary/aromatic N) is 2. The number of amides is 3. The first-order valence-corrected chi connectivity index (χ1v) is 10.1.